The van der Waals surface area contributed by atoms with Gasteiger partial charge in [0.15, 0.2) is 0 Å². The molecule has 0 aliphatic heterocycles. The number of esters is 1. The molecule has 0 aliphatic rings. The first kappa shape index (κ1) is 16.2. The van der Waals surface area contributed by atoms with Crippen molar-refractivity contribution in [3.8, 4) is 0 Å². The lowest BCUT2D eigenvalue weighted by atomic mass is 9.85. The molecule has 2 rings (SSSR count). The largest absolute Gasteiger partial charge is 0.463 e. The highest BCUT2D eigenvalue weighted by molar-refractivity contribution is 6.30. The molecule has 2 aromatic rings. The van der Waals surface area contributed by atoms with Crippen molar-refractivity contribution < 1.29 is 9.53 Å². The normalized spacial score (nSPS) is 11.0. The van der Waals surface area contributed by atoms with Gasteiger partial charge in [0.05, 0.1) is 12.0 Å². The Morgan fingerprint density at radius 2 is 2.00 bits per heavy atom. The number of rotatable bonds is 6. The molecule has 0 atom stereocenters. The van der Waals surface area contributed by atoms with Crippen LogP contribution in [0.1, 0.15) is 19.4 Å². The van der Waals surface area contributed by atoms with Crippen molar-refractivity contribution in [1.29, 1.82) is 0 Å². The number of hydrogen-bond donors (Lipinski definition) is 1. The number of carbonyl (C=O) groups excluding carboxylic acids is 1. The molecule has 0 radical (unpaired) electrons. The van der Waals surface area contributed by atoms with Gasteiger partial charge in [-0.25, -0.2) is 9.97 Å². The molecule has 1 aromatic heterocycles. The molecular weight excluding hydrogens is 302 g/mol. The second-order valence-corrected chi connectivity index (χ2v) is 5.71. The Balaban J connectivity index is 1.86. The molecule has 5 nitrogen and oxygen atoms in total. The molecule has 1 heterocycles. The molecule has 116 valence electrons. The van der Waals surface area contributed by atoms with Crippen molar-refractivity contribution in [3.05, 3.63) is 53.3 Å². The van der Waals surface area contributed by atoms with E-state index < -0.39 is 5.41 Å². The fourth-order valence-electron chi connectivity index (χ4n) is 1.87. The summed E-state index contributed by atoms with van der Waals surface area (Å²) in [6, 6.07) is 8.97. The molecule has 0 unspecified atom stereocenters. The first-order valence-corrected chi connectivity index (χ1v) is 7.32. The van der Waals surface area contributed by atoms with Crippen LogP contribution in [0.5, 0.6) is 0 Å². The Bertz CT molecular complexity index is 632. The van der Waals surface area contributed by atoms with E-state index in [2.05, 4.69) is 15.3 Å². The zero-order valence-corrected chi connectivity index (χ0v) is 13.3. The molecule has 0 aliphatic carbocycles. The lowest BCUT2D eigenvalue weighted by Crippen LogP contribution is -2.32. The molecule has 0 amide bonds. The molecule has 22 heavy (non-hydrogen) atoms. The number of hydrogen-bond acceptors (Lipinski definition) is 5. The highest BCUT2D eigenvalue weighted by Gasteiger charge is 2.31. The zero-order chi connectivity index (χ0) is 16.0. The molecule has 0 bridgehead atoms. The average molecular weight is 320 g/mol. The third kappa shape index (κ3) is 4.18. The van der Waals surface area contributed by atoms with E-state index in [-0.39, 0.29) is 12.6 Å². The lowest BCUT2D eigenvalue weighted by molar-refractivity contribution is -0.148. The summed E-state index contributed by atoms with van der Waals surface area (Å²) in [5.41, 5.74) is 0.0677. The van der Waals surface area contributed by atoms with E-state index in [0.717, 1.165) is 5.56 Å². The van der Waals surface area contributed by atoms with E-state index in [4.69, 9.17) is 16.3 Å². The number of carbonyl (C=O) groups is 1. The summed E-state index contributed by atoms with van der Waals surface area (Å²) in [6.45, 7) is 4.31. The maximum Gasteiger partial charge on any atom is 0.316 e. The van der Waals surface area contributed by atoms with Gasteiger partial charge in [0.1, 0.15) is 6.61 Å². The van der Waals surface area contributed by atoms with E-state index >= 15 is 0 Å². The second kappa shape index (κ2) is 7.22. The van der Waals surface area contributed by atoms with E-state index in [9.17, 15) is 4.79 Å². The van der Waals surface area contributed by atoms with Crippen LogP contribution >= 0.6 is 11.6 Å². The smallest absolute Gasteiger partial charge is 0.316 e. The van der Waals surface area contributed by atoms with Crippen LogP contribution in [-0.4, -0.2) is 29.1 Å². The van der Waals surface area contributed by atoms with Crippen LogP contribution in [0.25, 0.3) is 0 Å². The minimum Gasteiger partial charge on any atom is -0.463 e. The Kier molecular flexibility index (Phi) is 5.33. The standard InChI is InChI=1S/C16H18ClN3O2/c1-16(2,12-5-3-6-13(17)11-12)14(21)22-10-9-20-15-18-7-4-8-19-15/h3-8,11H,9-10H2,1-2H3,(H,18,19,20). The Hall–Kier alpha value is -2.14. The molecule has 0 saturated heterocycles. The Morgan fingerprint density at radius 3 is 2.68 bits per heavy atom. The topological polar surface area (TPSA) is 64.1 Å². The van der Waals surface area contributed by atoms with Crippen LogP contribution in [-0.2, 0) is 14.9 Å². The van der Waals surface area contributed by atoms with Crippen molar-refractivity contribution in [2.75, 3.05) is 18.5 Å². The van der Waals surface area contributed by atoms with Gasteiger partial charge in [-0.2, -0.15) is 0 Å². The van der Waals surface area contributed by atoms with E-state index in [1.165, 1.54) is 0 Å². The number of nitrogens with one attached hydrogen (secondary N) is 1. The van der Waals surface area contributed by atoms with Crippen molar-refractivity contribution >= 4 is 23.5 Å². The first-order chi connectivity index (χ1) is 10.5. The molecular formula is C16H18ClN3O2. The molecule has 1 aromatic carbocycles. The molecule has 0 fully saturated rings. The van der Waals surface area contributed by atoms with Gasteiger partial charge in [-0.1, -0.05) is 23.7 Å². The predicted molar refractivity (Wildman–Crippen MR) is 86.0 cm³/mol. The fraction of sp³-hybridized carbons (Fsp3) is 0.312. The van der Waals surface area contributed by atoms with Crippen LogP contribution in [0.15, 0.2) is 42.7 Å². The van der Waals surface area contributed by atoms with Gasteiger partial charge in [-0.3, -0.25) is 4.79 Å². The fourth-order valence-corrected chi connectivity index (χ4v) is 2.06. The predicted octanol–water partition coefficient (Wildman–Crippen LogP) is 3.06. The minimum atomic E-state index is -0.756. The zero-order valence-electron chi connectivity index (χ0n) is 12.5. The number of aromatic nitrogens is 2. The highest BCUT2D eigenvalue weighted by Crippen LogP contribution is 2.26. The summed E-state index contributed by atoms with van der Waals surface area (Å²) in [7, 11) is 0. The van der Waals surface area contributed by atoms with Gasteiger partial charge < -0.3 is 10.1 Å². The van der Waals surface area contributed by atoms with Crippen LogP contribution in [0.4, 0.5) is 5.95 Å². The monoisotopic (exact) mass is 319 g/mol. The van der Waals surface area contributed by atoms with Gasteiger partial charge in [-0.05, 0) is 37.6 Å². The third-order valence-electron chi connectivity index (χ3n) is 3.24. The number of nitrogens with zero attached hydrogens (tertiary/aromatic N) is 2. The number of anilines is 1. The van der Waals surface area contributed by atoms with Gasteiger partial charge in [0.25, 0.3) is 0 Å². The van der Waals surface area contributed by atoms with Crippen molar-refractivity contribution in [2.24, 2.45) is 0 Å². The number of halogens is 1. The Labute approximate surface area is 134 Å². The van der Waals surface area contributed by atoms with Crippen LogP contribution in [0.3, 0.4) is 0 Å². The summed E-state index contributed by atoms with van der Waals surface area (Å²) >= 11 is 5.97. The summed E-state index contributed by atoms with van der Waals surface area (Å²) in [6.07, 6.45) is 3.28. The molecule has 6 heteroatoms. The SMILES string of the molecule is CC(C)(C(=O)OCCNc1ncccn1)c1cccc(Cl)c1. The molecule has 0 saturated carbocycles. The summed E-state index contributed by atoms with van der Waals surface area (Å²) in [5.74, 6) is 0.207. The van der Waals surface area contributed by atoms with E-state index in [1.807, 2.05) is 26.0 Å². The summed E-state index contributed by atoms with van der Waals surface area (Å²) in [5, 5.41) is 3.58. The van der Waals surface area contributed by atoms with E-state index in [1.54, 1.807) is 30.6 Å². The average Bonchev–Trinajstić information content (AvgIpc) is 2.52. The molecule has 0 spiro atoms. The van der Waals surface area contributed by atoms with Crippen molar-refractivity contribution in [3.63, 3.8) is 0 Å². The van der Waals surface area contributed by atoms with Crippen LogP contribution in [0.2, 0.25) is 5.02 Å². The number of ether oxygens (including phenoxy) is 1. The van der Waals surface area contributed by atoms with E-state index in [0.29, 0.717) is 17.5 Å². The van der Waals surface area contributed by atoms with Gasteiger partial charge in [0, 0.05) is 17.4 Å². The summed E-state index contributed by atoms with van der Waals surface area (Å²) < 4.78 is 5.32. The quantitative estimate of drug-likeness (QED) is 0.655. The maximum absolute atomic E-state index is 12.3. The second-order valence-electron chi connectivity index (χ2n) is 5.27. The maximum atomic E-state index is 12.3. The van der Waals surface area contributed by atoms with Gasteiger partial charge >= 0.3 is 5.97 Å². The van der Waals surface area contributed by atoms with Crippen LogP contribution < -0.4 is 5.32 Å². The van der Waals surface area contributed by atoms with Crippen LogP contribution in [0, 0.1) is 0 Å². The number of benzene rings is 1. The van der Waals surface area contributed by atoms with Crippen molar-refractivity contribution in [2.45, 2.75) is 19.3 Å². The highest BCUT2D eigenvalue weighted by atomic mass is 35.5. The summed E-state index contributed by atoms with van der Waals surface area (Å²) in [4.78, 5) is 20.3. The minimum absolute atomic E-state index is 0.237. The molecule has 1 N–H and O–H groups in total. The first-order valence-electron chi connectivity index (χ1n) is 6.94. The Morgan fingerprint density at radius 1 is 1.27 bits per heavy atom. The third-order valence-corrected chi connectivity index (χ3v) is 3.48. The van der Waals surface area contributed by atoms with Gasteiger partial charge in [0.2, 0.25) is 5.95 Å². The van der Waals surface area contributed by atoms with Gasteiger partial charge in [-0.15, -0.1) is 0 Å². The van der Waals surface area contributed by atoms with Crippen molar-refractivity contribution in [1.82, 2.24) is 9.97 Å². The lowest BCUT2D eigenvalue weighted by Gasteiger charge is -2.23.